The van der Waals surface area contributed by atoms with Gasteiger partial charge < -0.3 is 5.11 Å². The first-order valence-corrected chi connectivity index (χ1v) is 5.23. The first-order chi connectivity index (χ1) is 7.66. The first kappa shape index (κ1) is 10.6. The molecule has 0 atom stereocenters. The molecule has 2 aromatic rings. The molecule has 3 heteroatoms. The van der Waals surface area contributed by atoms with Crippen molar-refractivity contribution in [2.45, 2.75) is 19.8 Å². The highest BCUT2D eigenvalue weighted by Gasteiger charge is 2.02. The van der Waals surface area contributed by atoms with Gasteiger partial charge in [-0.05, 0) is 30.4 Å². The number of benzene rings is 1. The lowest BCUT2D eigenvalue weighted by Crippen LogP contribution is -1.97. The van der Waals surface area contributed by atoms with Crippen molar-refractivity contribution in [3.05, 3.63) is 41.7 Å². The number of carbonyl (C=O) groups is 1. The SMILES string of the molecule is Cc1nccc2cc(CCC(=O)O)ccc12. The third-order valence-electron chi connectivity index (χ3n) is 2.66. The number of aliphatic carboxylic acids is 1. The molecule has 2 rings (SSSR count). The van der Waals surface area contributed by atoms with Gasteiger partial charge in [0.25, 0.3) is 0 Å². The lowest BCUT2D eigenvalue weighted by atomic mass is 10.0. The number of fused-ring (bicyclic) bond motifs is 1. The lowest BCUT2D eigenvalue weighted by Gasteiger charge is -2.04. The summed E-state index contributed by atoms with van der Waals surface area (Å²) in [5.74, 6) is -0.758. The average Bonchev–Trinajstić information content (AvgIpc) is 2.26. The second kappa shape index (κ2) is 4.31. The predicted octanol–water partition coefficient (Wildman–Crippen LogP) is 2.56. The molecule has 1 aromatic heterocycles. The summed E-state index contributed by atoms with van der Waals surface area (Å²) in [6.45, 7) is 1.97. The summed E-state index contributed by atoms with van der Waals surface area (Å²) >= 11 is 0. The van der Waals surface area contributed by atoms with Crippen LogP contribution in [0.25, 0.3) is 10.8 Å². The van der Waals surface area contributed by atoms with Crippen LogP contribution in [-0.2, 0) is 11.2 Å². The number of pyridine rings is 1. The Morgan fingerprint density at radius 3 is 2.94 bits per heavy atom. The highest BCUT2D eigenvalue weighted by molar-refractivity contribution is 5.84. The summed E-state index contributed by atoms with van der Waals surface area (Å²) in [6.07, 6.45) is 2.53. The summed E-state index contributed by atoms with van der Waals surface area (Å²) in [5.41, 5.74) is 2.06. The largest absolute Gasteiger partial charge is 0.481 e. The Kier molecular flexibility index (Phi) is 2.86. The Balaban J connectivity index is 2.33. The van der Waals surface area contributed by atoms with Gasteiger partial charge in [0.05, 0.1) is 0 Å². The van der Waals surface area contributed by atoms with Crippen molar-refractivity contribution in [2.75, 3.05) is 0 Å². The van der Waals surface area contributed by atoms with Crippen molar-refractivity contribution < 1.29 is 9.90 Å². The van der Waals surface area contributed by atoms with Crippen LogP contribution in [0, 0.1) is 6.92 Å². The van der Waals surface area contributed by atoms with E-state index >= 15 is 0 Å². The van der Waals surface area contributed by atoms with Gasteiger partial charge in [-0.15, -0.1) is 0 Å². The maximum atomic E-state index is 10.5. The van der Waals surface area contributed by atoms with E-state index in [-0.39, 0.29) is 6.42 Å². The van der Waals surface area contributed by atoms with E-state index in [1.54, 1.807) is 6.20 Å². The van der Waals surface area contributed by atoms with E-state index in [0.29, 0.717) is 6.42 Å². The molecule has 0 aliphatic rings. The highest BCUT2D eigenvalue weighted by atomic mass is 16.4. The molecule has 16 heavy (non-hydrogen) atoms. The zero-order valence-corrected chi connectivity index (χ0v) is 9.10. The van der Waals surface area contributed by atoms with Crippen LogP contribution in [0.4, 0.5) is 0 Å². The molecule has 0 spiro atoms. The standard InChI is InChI=1S/C13H13NO2/c1-9-12-4-2-10(3-5-13(15)16)8-11(12)6-7-14-9/h2,4,6-8H,3,5H2,1H3,(H,15,16). The Bertz CT molecular complexity index is 534. The summed E-state index contributed by atoms with van der Waals surface area (Å²) in [7, 11) is 0. The summed E-state index contributed by atoms with van der Waals surface area (Å²) in [5, 5.41) is 10.9. The molecule has 3 nitrogen and oxygen atoms in total. The van der Waals surface area contributed by atoms with Gasteiger partial charge in [0.1, 0.15) is 0 Å². The molecule has 0 amide bonds. The minimum atomic E-state index is -0.758. The van der Waals surface area contributed by atoms with Gasteiger partial charge in [0, 0.05) is 23.7 Å². The summed E-state index contributed by atoms with van der Waals surface area (Å²) in [4.78, 5) is 14.7. The van der Waals surface area contributed by atoms with Gasteiger partial charge in [-0.1, -0.05) is 18.2 Å². The number of rotatable bonds is 3. The van der Waals surface area contributed by atoms with Crippen molar-refractivity contribution in [2.24, 2.45) is 0 Å². The van der Waals surface area contributed by atoms with Crippen molar-refractivity contribution >= 4 is 16.7 Å². The second-order valence-electron chi connectivity index (χ2n) is 3.85. The molecule has 82 valence electrons. The molecule has 0 aliphatic carbocycles. The van der Waals surface area contributed by atoms with Gasteiger partial charge >= 0.3 is 5.97 Å². The molecule has 0 saturated heterocycles. The fourth-order valence-corrected chi connectivity index (χ4v) is 1.79. The summed E-state index contributed by atoms with van der Waals surface area (Å²) in [6, 6.07) is 7.97. The van der Waals surface area contributed by atoms with Crippen LogP contribution in [0.1, 0.15) is 17.7 Å². The zero-order valence-electron chi connectivity index (χ0n) is 9.10. The molecular weight excluding hydrogens is 202 g/mol. The molecule has 0 saturated carbocycles. The second-order valence-corrected chi connectivity index (χ2v) is 3.85. The fourth-order valence-electron chi connectivity index (χ4n) is 1.79. The number of hydrogen-bond donors (Lipinski definition) is 1. The Morgan fingerprint density at radius 2 is 2.19 bits per heavy atom. The number of carboxylic acid groups (broad SMARTS) is 1. The first-order valence-electron chi connectivity index (χ1n) is 5.23. The molecule has 0 bridgehead atoms. The maximum absolute atomic E-state index is 10.5. The normalized spacial score (nSPS) is 10.6. The Morgan fingerprint density at radius 1 is 1.38 bits per heavy atom. The van der Waals surface area contributed by atoms with Gasteiger partial charge in [-0.2, -0.15) is 0 Å². The minimum absolute atomic E-state index is 0.176. The van der Waals surface area contributed by atoms with Crippen LogP contribution < -0.4 is 0 Å². The third kappa shape index (κ3) is 2.19. The van der Waals surface area contributed by atoms with Crippen molar-refractivity contribution in [3.8, 4) is 0 Å². The van der Waals surface area contributed by atoms with E-state index in [2.05, 4.69) is 4.98 Å². The molecule has 1 heterocycles. The topological polar surface area (TPSA) is 50.2 Å². The van der Waals surface area contributed by atoms with Crippen LogP contribution in [0.15, 0.2) is 30.5 Å². The van der Waals surface area contributed by atoms with Crippen LogP contribution in [0.2, 0.25) is 0 Å². The van der Waals surface area contributed by atoms with Gasteiger partial charge in [-0.25, -0.2) is 0 Å². The number of nitrogens with zero attached hydrogens (tertiary/aromatic N) is 1. The number of aromatic nitrogens is 1. The van der Waals surface area contributed by atoms with Crippen LogP contribution in [0.3, 0.4) is 0 Å². The summed E-state index contributed by atoms with van der Waals surface area (Å²) < 4.78 is 0. The van der Waals surface area contributed by atoms with Gasteiger partial charge in [0.2, 0.25) is 0 Å². The maximum Gasteiger partial charge on any atom is 0.303 e. The van der Waals surface area contributed by atoms with Crippen LogP contribution >= 0.6 is 0 Å². The smallest absolute Gasteiger partial charge is 0.303 e. The van der Waals surface area contributed by atoms with Crippen LogP contribution in [0.5, 0.6) is 0 Å². The molecule has 0 fully saturated rings. The molecular formula is C13H13NO2. The number of aryl methyl sites for hydroxylation is 2. The Hall–Kier alpha value is -1.90. The highest BCUT2D eigenvalue weighted by Crippen LogP contribution is 2.18. The van der Waals surface area contributed by atoms with Gasteiger partial charge in [0.15, 0.2) is 0 Å². The van der Waals surface area contributed by atoms with Crippen molar-refractivity contribution in [3.63, 3.8) is 0 Å². The van der Waals surface area contributed by atoms with E-state index in [0.717, 1.165) is 22.0 Å². The molecule has 0 unspecified atom stereocenters. The predicted molar refractivity (Wildman–Crippen MR) is 62.4 cm³/mol. The fraction of sp³-hybridized carbons (Fsp3) is 0.231. The van der Waals surface area contributed by atoms with Crippen molar-refractivity contribution in [1.82, 2.24) is 4.98 Å². The quantitative estimate of drug-likeness (QED) is 0.856. The molecule has 0 aliphatic heterocycles. The lowest BCUT2D eigenvalue weighted by molar-refractivity contribution is -0.136. The van der Waals surface area contributed by atoms with E-state index in [1.165, 1.54) is 0 Å². The molecule has 1 N–H and O–H groups in total. The third-order valence-corrected chi connectivity index (χ3v) is 2.66. The van der Waals surface area contributed by atoms with E-state index in [4.69, 9.17) is 5.11 Å². The minimum Gasteiger partial charge on any atom is -0.481 e. The molecule has 0 radical (unpaired) electrons. The Labute approximate surface area is 93.7 Å². The van der Waals surface area contributed by atoms with E-state index in [9.17, 15) is 4.79 Å². The average molecular weight is 215 g/mol. The monoisotopic (exact) mass is 215 g/mol. The van der Waals surface area contributed by atoms with Crippen LogP contribution in [-0.4, -0.2) is 16.1 Å². The van der Waals surface area contributed by atoms with Gasteiger partial charge in [-0.3, -0.25) is 9.78 Å². The van der Waals surface area contributed by atoms with E-state index in [1.807, 2.05) is 31.2 Å². The number of hydrogen-bond acceptors (Lipinski definition) is 2. The molecule has 1 aromatic carbocycles. The van der Waals surface area contributed by atoms with Crippen molar-refractivity contribution in [1.29, 1.82) is 0 Å². The number of carboxylic acids is 1. The zero-order chi connectivity index (χ0) is 11.5. The van der Waals surface area contributed by atoms with E-state index < -0.39 is 5.97 Å².